The highest BCUT2D eigenvalue weighted by molar-refractivity contribution is 5.93. The Hall–Kier alpha value is -2.96. The zero-order chi connectivity index (χ0) is 19.1. The van der Waals surface area contributed by atoms with Crippen molar-refractivity contribution in [3.05, 3.63) is 64.7 Å². The van der Waals surface area contributed by atoms with Crippen LogP contribution in [0.2, 0.25) is 0 Å². The van der Waals surface area contributed by atoms with E-state index < -0.39 is 5.91 Å². The number of nitrogens with one attached hydrogen (secondary N) is 1. The average Bonchev–Trinajstić information content (AvgIpc) is 3.28. The van der Waals surface area contributed by atoms with E-state index in [1.807, 2.05) is 12.1 Å². The third-order valence-corrected chi connectivity index (χ3v) is 5.63. The minimum absolute atomic E-state index is 0.418. The molecule has 0 saturated carbocycles. The van der Waals surface area contributed by atoms with E-state index in [9.17, 15) is 4.79 Å². The number of fused-ring (bicyclic) bond motifs is 3. The zero-order valence-electron chi connectivity index (χ0n) is 15.6. The van der Waals surface area contributed by atoms with E-state index in [1.165, 1.54) is 22.3 Å². The number of nitrogens with two attached hydrogens (primary N) is 1. The molecule has 0 bridgehead atoms. The molecule has 28 heavy (non-hydrogen) atoms. The number of hydrogen-bond donors (Lipinski definition) is 2. The molecule has 2 heterocycles. The summed E-state index contributed by atoms with van der Waals surface area (Å²) in [5.74, 6) is -0.418. The standard InChI is InChI=1S/C22H22N4O2/c23-22(27)16-5-3-15(4-6-16)20-19-12-17-2-1-14(11-18(17)21(19)25-24-20)13-26-7-9-28-10-8-26/h1-6,11H,7-10,12-13H2,(H2,23,27)(H,24,25). The van der Waals surface area contributed by atoms with Crippen molar-refractivity contribution in [2.24, 2.45) is 5.73 Å². The molecule has 1 fully saturated rings. The van der Waals surface area contributed by atoms with Crippen LogP contribution in [-0.2, 0) is 17.7 Å². The predicted octanol–water partition coefficient (Wildman–Crippen LogP) is 2.58. The zero-order valence-corrected chi connectivity index (χ0v) is 15.6. The van der Waals surface area contributed by atoms with Gasteiger partial charge in [-0.3, -0.25) is 14.8 Å². The van der Waals surface area contributed by atoms with Gasteiger partial charge in [0.25, 0.3) is 0 Å². The van der Waals surface area contributed by atoms with Crippen molar-refractivity contribution >= 4 is 5.91 Å². The molecule has 3 aromatic rings. The summed E-state index contributed by atoms with van der Waals surface area (Å²) in [6, 6.07) is 14.1. The molecule has 2 aliphatic rings. The van der Waals surface area contributed by atoms with Crippen LogP contribution in [0.15, 0.2) is 42.5 Å². The van der Waals surface area contributed by atoms with Gasteiger partial charge in [-0.05, 0) is 29.3 Å². The van der Waals surface area contributed by atoms with E-state index in [0.717, 1.165) is 56.2 Å². The van der Waals surface area contributed by atoms with Gasteiger partial charge in [-0.2, -0.15) is 5.10 Å². The lowest BCUT2D eigenvalue weighted by Crippen LogP contribution is -2.35. The van der Waals surface area contributed by atoms with Crippen molar-refractivity contribution in [1.82, 2.24) is 15.1 Å². The highest BCUT2D eigenvalue weighted by Gasteiger charge is 2.25. The largest absolute Gasteiger partial charge is 0.379 e. The molecule has 142 valence electrons. The summed E-state index contributed by atoms with van der Waals surface area (Å²) >= 11 is 0. The molecule has 1 saturated heterocycles. The number of hydrogen-bond acceptors (Lipinski definition) is 4. The van der Waals surface area contributed by atoms with Crippen LogP contribution in [0.25, 0.3) is 22.5 Å². The van der Waals surface area contributed by atoms with E-state index in [2.05, 4.69) is 33.3 Å². The molecule has 6 heteroatoms. The first-order chi connectivity index (χ1) is 13.7. The molecule has 1 aliphatic heterocycles. The fourth-order valence-electron chi connectivity index (χ4n) is 4.11. The first-order valence-corrected chi connectivity index (χ1v) is 9.59. The van der Waals surface area contributed by atoms with Gasteiger partial charge in [0.15, 0.2) is 0 Å². The maximum Gasteiger partial charge on any atom is 0.248 e. The molecule has 0 unspecified atom stereocenters. The lowest BCUT2D eigenvalue weighted by atomic mass is 10.0. The first-order valence-electron chi connectivity index (χ1n) is 9.59. The van der Waals surface area contributed by atoms with Gasteiger partial charge in [-0.25, -0.2) is 0 Å². The van der Waals surface area contributed by atoms with Gasteiger partial charge < -0.3 is 10.5 Å². The van der Waals surface area contributed by atoms with Crippen molar-refractivity contribution in [3.63, 3.8) is 0 Å². The van der Waals surface area contributed by atoms with Crippen LogP contribution in [0.3, 0.4) is 0 Å². The van der Waals surface area contributed by atoms with Crippen molar-refractivity contribution in [2.75, 3.05) is 26.3 Å². The molecule has 0 radical (unpaired) electrons. The normalized spacial score (nSPS) is 16.0. The number of ether oxygens (including phenoxy) is 1. The second kappa shape index (κ2) is 6.89. The minimum atomic E-state index is -0.418. The van der Waals surface area contributed by atoms with Crippen LogP contribution in [-0.4, -0.2) is 47.3 Å². The number of carbonyl (C=O) groups is 1. The van der Waals surface area contributed by atoms with E-state index in [-0.39, 0.29) is 0 Å². The highest BCUT2D eigenvalue weighted by atomic mass is 16.5. The maximum absolute atomic E-state index is 11.3. The van der Waals surface area contributed by atoms with Crippen molar-refractivity contribution in [3.8, 4) is 22.5 Å². The smallest absolute Gasteiger partial charge is 0.248 e. The Balaban J connectivity index is 1.43. The van der Waals surface area contributed by atoms with Crippen molar-refractivity contribution in [2.45, 2.75) is 13.0 Å². The van der Waals surface area contributed by atoms with E-state index >= 15 is 0 Å². The second-order valence-corrected chi connectivity index (χ2v) is 7.42. The van der Waals surface area contributed by atoms with Crippen LogP contribution in [0.5, 0.6) is 0 Å². The number of aromatic amines is 1. The molecule has 3 N–H and O–H groups in total. The van der Waals surface area contributed by atoms with Gasteiger partial charge in [0.05, 0.1) is 24.6 Å². The topological polar surface area (TPSA) is 84.2 Å². The SMILES string of the molecule is NC(=O)c1ccc(-c2n[nH]c3c2Cc2ccc(CN4CCOCC4)cc2-3)cc1. The van der Waals surface area contributed by atoms with E-state index in [4.69, 9.17) is 10.5 Å². The molecule has 1 amide bonds. The fraction of sp³-hybridized carbons (Fsp3) is 0.273. The molecule has 2 aromatic carbocycles. The number of morpholine rings is 1. The van der Waals surface area contributed by atoms with Gasteiger partial charge in [0, 0.05) is 48.3 Å². The minimum Gasteiger partial charge on any atom is -0.379 e. The summed E-state index contributed by atoms with van der Waals surface area (Å²) in [5.41, 5.74) is 14.0. The van der Waals surface area contributed by atoms with Gasteiger partial charge in [0.1, 0.15) is 0 Å². The summed E-state index contributed by atoms with van der Waals surface area (Å²) in [6.45, 7) is 4.54. The molecule has 1 aromatic heterocycles. The third-order valence-electron chi connectivity index (χ3n) is 5.63. The predicted molar refractivity (Wildman–Crippen MR) is 107 cm³/mol. The number of benzene rings is 2. The Kier molecular flexibility index (Phi) is 4.22. The third kappa shape index (κ3) is 3.00. The first kappa shape index (κ1) is 17.2. The Morgan fingerprint density at radius 3 is 2.68 bits per heavy atom. The number of carbonyl (C=O) groups excluding carboxylic acids is 1. The number of nitrogens with zero attached hydrogens (tertiary/aromatic N) is 2. The van der Waals surface area contributed by atoms with Gasteiger partial charge in [-0.15, -0.1) is 0 Å². The molecule has 0 spiro atoms. The second-order valence-electron chi connectivity index (χ2n) is 7.42. The van der Waals surface area contributed by atoms with Crippen LogP contribution in [0.1, 0.15) is 27.0 Å². The van der Waals surface area contributed by atoms with E-state index in [0.29, 0.717) is 5.56 Å². The quantitative estimate of drug-likeness (QED) is 0.575. The molecule has 1 aliphatic carbocycles. The number of primary amides is 1. The Labute approximate surface area is 163 Å². The van der Waals surface area contributed by atoms with Crippen LogP contribution in [0.4, 0.5) is 0 Å². The highest BCUT2D eigenvalue weighted by Crippen LogP contribution is 2.40. The Morgan fingerprint density at radius 2 is 1.93 bits per heavy atom. The van der Waals surface area contributed by atoms with Crippen molar-refractivity contribution in [1.29, 1.82) is 0 Å². The lowest BCUT2D eigenvalue weighted by Gasteiger charge is -2.26. The average molecular weight is 374 g/mol. The summed E-state index contributed by atoms with van der Waals surface area (Å²) in [5, 5.41) is 7.79. The summed E-state index contributed by atoms with van der Waals surface area (Å²) < 4.78 is 5.44. The molecular weight excluding hydrogens is 352 g/mol. The lowest BCUT2D eigenvalue weighted by molar-refractivity contribution is 0.0342. The molecular formula is C22H22N4O2. The van der Waals surface area contributed by atoms with Gasteiger partial charge in [0.2, 0.25) is 5.91 Å². The Morgan fingerprint density at radius 1 is 1.14 bits per heavy atom. The van der Waals surface area contributed by atoms with Gasteiger partial charge in [-0.1, -0.05) is 24.3 Å². The van der Waals surface area contributed by atoms with Crippen molar-refractivity contribution < 1.29 is 9.53 Å². The number of aromatic nitrogens is 2. The molecule has 6 nitrogen and oxygen atoms in total. The molecule has 5 rings (SSSR count). The fourth-order valence-corrected chi connectivity index (χ4v) is 4.11. The summed E-state index contributed by atoms with van der Waals surface area (Å²) in [4.78, 5) is 13.7. The number of amides is 1. The molecule has 0 atom stereocenters. The maximum atomic E-state index is 11.3. The summed E-state index contributed by atoms with van der Waals surface area (Å²) in [6.07, 6.45) is 0.867. The monoisotopic (exact) mass is 374 g/mol. The number of rotatable bonds is 4. The van der Waals surface area contributed by atoms with Gasteiger partial charge >= 0.3 is 0 Å². The Bertz CT molecular complexity index is 1030. The van der Waals surface area contributed by atoms with Crippen LogP contribution < -0.4 is 5.73 Å². The van der Waals surface area contributed by atoms with Crippen LogP contribution >= 0.6 is 0 Å². The number of H-pyrrole nitrogens is 1. The van der Waals surface area contributed by atoms with Crippen LogP contribution in [0, 0.1) is 0 Å². The van der Waals surface area contributed by atoms with E-state index in [1.54, 1.807) is 12.1 Å². The summed E-state index contributed by atoms with van der Waals surface area (Å²) in [7, 11) is 0.